The summed E-state index contributed by atoms with van der Waals surface area (Å²) in [5.41, 5.74) is -0.00822. The maximum absolute atomic E-state index is 14.0. The largest absolute Gasteiger partial charge is 0.453 e. The number of benzene rings is 1. The third kappa shape index (κ3) is 1.55. The SMILES string of the molecule is Fc1c(Br)c2c(c3c(Cl)nc(Cl)nc13)OCO2. The normalized spacial score (nSPS) is 13.4. The highest BCUT2D eigenvalue weighted by Gasteiger charge is 2.28. The number of ether oxygens (including phenoxy) is 2. The Morgan fingerprint density at radius 2 is 1.88 bits per heavy atom. The fourth-order valence-electron chi connectivity index (χ4n) is 1.60. The minimum absolute atomic E-state index is 0.00822. The first kappa shape index (κ1) is 11.3. The molecule has 0 N–H and O–H groups in total. The molecule has 8 heteroatoms. The predicted octanol–water partition coefficient (Wildman–Crippen LogP) is 3.57. The van der Waals surface area contributed by atoms with E-state index in [2.05, 4.69) is 25.9 Å². The summed E-state index contributed by atoms with van der Waals surface area (Å²) in [6, 6.07) is 0. The third-order valence-electron chi connectivity index (χ3n) is 2.28. The van der Waals surface area contributed by atoms with Crippen molar-refractivity contribution in [2.75, 3.05) is 6.79 Å². The smallest absolute Gasteiger partial charge is 0.231 e. The van der Waals surface area contributed by atoms with Crippen molar-refractivity contribution in [3.8, 4) is 11.5 Å². The van der Waals surface area contributed by atoms with Gasteiger partial charge < -0.3 is 9.47 Å². The molecule has 2 aromatic rings. The van der Waals surface area contributed by atoms with E-state index in [1.54, 1.807) is 0 Å². The molecule has 0 saturated carbocycles. The van der Waals surface area contributed by atoms with E-state index in [-0.39, 0.29) is 38.4 Å². The lowest BCUT2D eigenvalue weighted by atomic mass is 10.2. The molecule has 0 amide bonds. The summed E-state index contributed by atoms with van der Waals surface area (Å²) >= 11 is 14.6. The van der Waals surface area contributed by atoms with Crippen LogP contribution in [0.4, 0.5) is 4.39 Å². The maximum atomic E-state index is 14.0. The Balaban J connectivity index is 2.55. The molecule has 0 atom stereocenters. The molecule has 1 aliphatic heterocycles. The topological polar surface area (TPSA) is 44.2 Å². The molecule has 2 heterocycles. The minimum Gasteiger partial charge on any atom is -0.453 e. The lowest BCUT2D eigenvalue weighted by molar-refractivity contribution is 0.174. The molecule has 88 valence electrons. The van der Waals surface area contributed by atoms with Crippen molar-refractivity contribution in [3.63, 3.8) is 0 Å². The van der Waals surface area contributed by atoms with Crippen molar-refractivity contribution in [2.24, 2.45) is 0 Å². The van der Waals surface area contributed by atoms with Crippen LogP contribution >= 0.6 is 39.1 Å². The van der Waals surface area contributed by atoms with E-state index < -0.39 is 5.82 Å². The highest BCUT2D eigenvalue weighted by Crippen LogP contribution is 2.48. The Kier molecular flexibility index (Phi) is 2.53. The number of rotatable bonds is 0. The van der Waals surface area contributed by atoms with Gasteiger partial charge >= 0.3 is 0 Å². The molecular formula is C9H2BrCl2FN2O2. The Morgan fingerprint density at radius 1 is 1.18 bits per heavy atom. The molecule has 0 spiro atoms. The van der Waals surface area contributed by atoms with Gasteiger partial charge in [0.05, 0.1) is 5.39 Å². The highest BCUT2D eigenvalue weighted by molar-refractivity contribution is 9.10. The zero-order valence-corrected chi connectivity index (χ0v) is 11.0. The van der Waals surface area contributed by atoms with Gasteiger partial charge in [0, 0.05) is 0 Å². The van der Waals surface area contributed by atoms with E-state index in [4.69, 9.17) is 32.7 Å². The Hall–Kier alpha value is -0.850. The lowest BCUT2D eigenvalue weighted by Crippen LogP contribution is -1.94. The van der Waals surface area contributed by atoms with Crippen molar-refractivity contribution in [3.05, 3.63) is 20.7 Å². The van der Waals surface area contributed by atoms with Gasteiger partial charge in [0.15, 0.2) is 17.3 Å². The first-order chi connectivity index (χ1) is 8.09. The Labute approximate surface area is 113 Å². The van der Waals surface area contributed by atoms with Crippen LogP contribution in [0.15, 0.2) is 4.47 Å². The van der Waals surface area contributed by atoms with Gasteiger partial charge in [-0.05, 0) is 27.5 Å². The van der Waals surface area contributed by atoms with Crippen LogP contribution < -0.4 is 9.47 Å². The van der Waals surface area contributed by atoms with Gasteiger partial charge in [-0.15, -0.1) is 0 Å². The average molecular weight is 340 g/mol. The molecule has 1 aliphatic rings. The molecule has 0 bridgehead atoms. The number of aromatic nitrogens is 2. The molecule has 1 aromatic carbocycles. The van der Waals surface area contributed by atoms with Crippen molar-refractivity contribution in [2.45, 2.75) is 0 Å². The number of nitrogens with zero attached hydrogens (tertiary/aromatic N) is 2. The fourth-order valence-corrected chi connectivity index (χ4v) is 2.55. The number of halogens is 4. The highest BCUT2D eigenvalue weighted by atomic mass is 79.9. The van der Waals surface area contributed by atoms with E-state index in [0.717, 1.165) is 0 Å². The number of hydrogen-bond donors (Lipinski definition) is 0. The van der Waals surface area contributed by atoms with E-state index in [1.807, 2.05) is 0 Å². The molecular weight excluding hydrogens is 338 g/mol. The molecule has 4 nitrogen and oxygen atoms in total. The minimum atomic E-state index is -0.615. The number of fused-ring (bicyclic) bond motifs is 3. The zero-order valence-electron chi connectivity index (χ0n) is 7.93. The summed E-state index contributed by atoms with van der Waals surface area (Å²) in [7, 11) is 0. The second-order valence-corrected chi connectivity index (χ2v) is 4.69. The van der Waals surface area contributed by atoms with E-state index in [0.29, 0.717) is 5.75 Å². The first-order valence-electron chi connectivity index (χ1n) is 4.39. The zero-order chi connectivity index (χ0) is 12.2. The maximum Gasteiger partial charge on any atom is 0.231 e. The van der Waals surface area contributed by atoms with E-state index in [9.17, 15) is 4.39 Å². The summed E-state index contributed by atoms with van der Waals surface area (Å²) in [4.78, 5) is 7.56. The van der Waals surface area contributed by atoms with Crippen LogP contribution in [-0.4, -0.2) is 16.8 Å². The Bertz CT molecular complexity index is 653. The van der Waals surface area contributed by atoms with E-state index in [1.165, 1.54) is 0 Å². The molecule has 0 saturated heterocycles. The second kappa shape index (κ2) is 3.83. The first-order valence-corrected chi connectivity index (χ1v) is 5.93. The third-order valence-corrected chi connectivity index (χ3v) is 3.43. The quantitative estimate of drug-likeness (QED) is 0.543. The monoisotopic (exact) mass is 338 g/mol. The van der Waals surface area contributed by atoms with Crippen LogP contribution in [0.5, 0.6) is 11.5 Å². The average Bonchev–Trinajstić information content (AvgIpc) is 2.73. The summed E-state index contributed by atoms with van der Waals surface area (Å²) in [6.45, 7) is -0.00849. The fraction of sp³-hybridized carbons (Fsp3) is 0.111. The Morgan fingerprint density at radius 3 is 2.65 bits per heavy atom. The van der Waals surface area contributed by atoms with Gasteiger partial charge in [-0.1, -0.05) is 11.6 Å². The molecule has 1 aromatic heterocycles. The molecule has 3 rings (SSSR count). The van der Waals surface area contributed by atoms with Crippen molar-refractivity contribution >= 4 is 50.0 Å². The molecule has 0 aliphatic carbocycles. The predicted molar refractivity (Wildman–Crippen MR) is 63.3 cm³/mol. The number of hydrogen-bond acceptors (Lipinski definition) is 4. The molecule has 0 fully saturated rings. The molecule has 17 heavy (non-hydrogen) atoms. The van der Waals surface area contributed by atoms with Crippen molar-refractivity contribution in [1.29, 1.82) is 0 Å². The summed E-state index contributed by atoms with van der Waals surface area (Å²) in [6.07, 6.45) is 0. The van der Waals surface area contributed by atoms with Gasteiger partial charge in [0.2, 0.25) is 12.1 Å². The molecule has 0 unspecified atom stereocenters. The van der Waals surface area contributed by atoms with Crippen LogP contribution in [-0.2, 0) is 0 Å². The standard InChI is InChI=1S/C9H2BrCl2FN2O2/c10-3-4(13)5-2(6-7(3)17-1-16-6)8(11)15-9(12)14-5/h1H2. The van der Waals surface area contributed by atoms with Gasteiger partial charge in [-0.3, -0.25) is 0 Å². The van der Waals surface area contributed by atoms with Gasteiger partial charge in [-0.2, -0.15) is 0 Å². The summed E-state index contributed by atoms with van der Waals surface area (Å²) in [5.74, 6) is -0.0479. The summed E-state index contributed by atoms with van der Waals surface area (Å²) in [5, 5.41) is 0.143. The van der Waals surface area contributed by atoms with Crippen molar-refractivity contribution in [1.82, 2.24) is 9.97 Å². The van der Waals surface area contributed by atoms with Crippen LogP contribution in [0.3, 0.4) is 0 Å². The summed E-state index contributed by atoms with van der Waals surface area (Å²) < 4.78 is 24.5. The van der Waals surface area contributed by atoms with Gasteiger partial charge in [0.25, 0.3) is 0 Å². The van der Waals surface area contributed by atoms with Crippen LogP contribution in [0.25, 0.3) is 10.9 Å². The van der Waals surface area contributed by atoms with Gasteiger partial charge in [0.1, 0.15) is 15.1 Å². The second-order valence-electron chi connectivity index (χ2n) is 3.20. The van der Waals surface area contributed by atoms with Crippen LogP contribution in [0, 0.1) is 5.82 Å². The van der Waals surface area contributed by atoms with Crippen LogP contribution in [0.2, 0.25) is 10.4 Å². The lowest BCUT2D eigenvalue weighted by Gasteiger charge is -2.07. The molecule has 0 radical (unpaired) electrons. The van der Waals surface area contributed by atoms with E-state index >= 15 is 0 Å². The van der Waals surface area contributed by atoms with Crippen LogP contribution in [0.1, 0.15) is 0 Å². The van der Waals surface area contributed by atoms with Gasteiger partial charge in [-0.25, -0.2) is 14.4 Å². The van der Waals surface area contributed by atoms with Crippen molar-refractivity contribution < 1.29 is 13.9 Å².